The third-order valence-corrected chi connectivity index (χ3v) is 3.32. The van der Waals surface area contributed by atoms with Crippen LogP contribution in [0.3, 0.4) is 0 Å². The summed E-state index contributed by atoms with van der Waals surface area (Å²) in [6.07, 6.45) is 1.21. The molecule has 0 aliphatic heterocycles. The van der Waals surface area contributed by atoms with Crippen LogP contribution in [0, 0.1) is 11.7 Å². The van der Waals surface area contributed by atoms with Gasteiger partial charge in [0, 0.05) is 12.1 Å². The quantitative estimate of drug-likeness (QED) is 0.842. The van der Waals surface area contributed by atoms with Gasteiger partial charge in [-0.3, -0.25) is 9.59 Å². The highest BCUT2D eigenvalue weighted by Gasteiger charge is 2.18. The molecule has 1 atom stereocenters. The lowest BCUT2D eigenvalue weighted by Crippen LogP contribution is -2.32. The first-order valence-corrected chi connectivity index (χ1v) is 6.71. The normalized spacial score (nSPS) is 11.9. The number of carbonyl (C=O) groups excluding carboxylic acids is 1. The van der Waals surface area contributed by atoms with E-state index in [2.05, 4.69) is 21.2 Å². The number of nitrogens with one attached hydrogen (secondary N) is 1. The van der Waals surface area contributed by atoms with E-state index in [4.69, 9.17) is 5.11 Å². The van der Waals surface area contributed by atoms with Crippen molar-refractivity contribution in [2.45, 2.75) is 19.8 Å². The van der Waals surface area contributed by atoms with E-state index in [9.17, 15) is 14.0 Å². The van der Waals surface area contributed by atoms with Crippen LogP contribution in [0.5, 0.6) is 0 Å². The standard InChI is InChI=1S/C13H15BrFNO3/c1-2-3-9(13(18)19)7-16-12(17)8-4-5-10(14)11(15)6-8/h4-6,9H,2-3,7H2,1H3,(H,16,17)(H,18,19). The summed E-state index contributed by atoms with van der Waals surface area (Å²) in [7, 11) is 0. The number of aliphatic carboxylic acids is 1. The molecule has 1 unspecified atom stereocenters. The van der Waals surface area contributed by atoms with Gasteiger partial charge >= 0.3 is 5.97 Å². The first-order valence-electron chi connectivity index (χ1n) is 5.91. The Kier molecular flexibility index (Phi) is 5.95. The second kappa shape index (κ2) is 7.23. The molecule has 0 fully saturated rings. The molecule has 6 heteroatoms. The van der Waals surface area contributed by atoms with Crippen LogP contribution < -0.4 is 5.32 Å². The molecule has 0 aliphatic carbocycles. The monoisotopic (exact) mass is 331 g/mol. The number of halogens is 2. The van der Waals surface area contributed by atoms with Crippen LogP contribution >= 0.6 is 15.9 Å². The van der Waals surface area contributed by atoms with Gasteiger partial charge in [0.25, 0.3) is 5.91 Å². The summed E-state index contributed by atoms with van der Waals surface area (Å²) in [5, 5.41) is 11.5. The smallest absolute Gasteiger partial charge is 0.308 e. The fourth-order valence-corrected chi connectivity index (χ4v) is 1.86. The van der Waals surface area contributed by atoms with Crippen molar-refractivity contribution in [2.24, 2.45) is 5.92 Å². The molecule has 1 amide bonds. The molecule has 4 nitrogen and oxygen atoms in total. The molecule has 0 radical (unpaired) electrons. The minimum Gasteiger partial charge on any atom is -0.481 e. The van der Waals surface area contributed by atoms with Gasteiger partial charge < -0.3 is 10.4 Å². The van der Waals surface area contributed by atoms with Crippen LogP contribution in [0.15, 0.2) is 22.7 Å². The minimum atomic E-state index is -0.941. The molecule has 1 aromatic carbocycles. The van der Waals surface area contributed by atoms with E-state index in [-0.39, 0.29) is 16.6 Å². The average molecular weight is 332 g/mol. The Morgan fingerprint density at radius 2 is 2.16 bits per heavy atom. The molecule has 0 saturated carbocycles. The molecular weight excluding hydrogens is 317 g/mol. The lowest BCUT2D eigenvalue weighted by atomic mass is 10.0. The molecule has 2 N–H and O–H groups in total. The maximum atomic E-state index is 13.3. The van der Waals surface area contributed by atoms with E-state index in [0.717, 1.165) is 12.5 Å². The van der Waals surface area contributed by atoms with Gasteiger partial charge in [-0.2, -0.15) is 0 Å². The van der Waals surface area contributed by atoms with Crippen molar-refractivity contribution in [3.05, 3.63) is 34.1 Å². The molecular formula is C13H15BrFNO3. The Morgan fingerprint density at radius 3 is 2.68 bits per heavy atom. The number of carboxylic acid groups (broad SMARTS) is 1. The van der Waals surface area contributed by atoms with Crippen molar-refractivity contribution in [1.82, 2.24) is 5.32 Å². The van der Waals surface area contributed by atoms with E-state index >= 15 is 0 Å². The van der Waals surface area contributed by atoms with Crippen molar-refractivity contribution in [2.75, 3.05) is 6.54 Å². The van der Waals surface area contributed by atoms with Crippen molar-refractivity contribution < 1.29 is 19.1 Å². The van der Waals surface area contributed by atoms with E-state index in [1.165, 1.54) is 12.1 Å². The van der Waals surface area contributed by atoms with E-state index in [1.54, 1.807) is 0 Å². The zero-order valence-electron chi connectivity index (χ0n) is 10.5. The molecule has 0 aliphatic rings. The summed E-state index contributed by atoms with van der Waals surface area (Å²) in [5.74, 6) is -2.57. The number of rotatable bonds is 6. The van der Waals surface area contributed by atoms with Crippen LogP contribution in [-0.2, 0) is 4.79 Å². The Morgan fingerprint density at radius 1 is 1.47 bits per heavy atom. The van der Waals surface area contributed by atoms with Gasteiger partial charge in [0.1, 0.15) is 5.82 Å². The van der Waals surface area contributed by atoms with Gasteiger partial charge in [0.2, 0.25) is 0 Å². The number of carbonyl (C=O) groups is 2. The fraction of sp³-hybridized carbons (Fsp3) is 0.385. The third-order valence-electron chi connectivity index (χ3n) is 2.68. The van der Waals surface area contributed by atoms with E-state index in [0.29, 0.717) is 6.42 Å². The molecule has 0 aromatic heterocycles. The second-order valence-corrected chi connectivity index (χ2v) is 5.02. The van der Waals surface area contributed by atoms with Crippen LogP contribution in [0.4, 0.5) is 4.39 Å². The summed E-state index contributed by atoms with van der Waals surface area (Å²) in [5.41, 5.74) is 0.168. The lowest BCUT2D eigenvalue weighted by Gasteiger charge is -2.12. The van der Waals surface area contributed by atoms with Gasteiger partial charge in [-0.25, -0.2) is 4.39 Å². The summed E-state index contributed by atoms with van der Waals surface area (Å²) >= 11 is 3.00. The Balaban J connectivity index is 2.63. The van der Waals surface area contributed by atoms with Gasteiger partial charge in [-0.1, -0.05) is 13.3 Å². The minimum absolute atomic E-state index is 0.0414. The first kappa shape index (κ1) is 15.6. The fourth-order valence-electron chi connectivity index (χ4n) is 1.62. The maximum absolute atomic E-state index is 13.3. The maximum Gasteiger partial charge on any atom is 0.308 e. The molecule has 104 valence electrons. The molecule has 19 heavy (non-hydrogen) atoms. The highest BCUT2D eigenvalue weighted by Crippen LogP contribution is 2.16. The predicted octanol–water partition coefficient (Wildman–Crippen LogP) is 2.82. The van der Waals surface area contributed by atoms with E-state index < -0.39 is 23.6 Å². The van der Waals surface area contributed by atoms with Gasteiger partial charge in [0.05, 0.1) is 10.4 Å². The number of benzene rings is 1. The van der Waals surface area contributed by atoms with Crippen LogP contribution in [0.2, 0.25) is 0 Å². The largest absolute Gasteiger partial charge is 0.481 e. The van der Waals surface area contributed by atoms with Crippen LogP contribution in [0.1, 0.15) is 30.1 Å². The highest BCUT2D eigenvalue weighted by atomic mass is 79.9. The number of amides is 1. The molecule has 0 heterocycles. The molecule has 0 spiro atoms. The molecule has 0 saturated heterocycles. The number of hydrogen-bond donors (Lipinski definition) is 2. The number of hydrogen-bond acceptors (Lipinski definition) is 2. The Hall–Kier alpha value is -1.43. The summed E-state index contributed by atoms with van der Waals surface area (Å²) in [6.45, 7) is 1.92. The SMILES string of the molecule is CCCC(CNC(=O)c1ccc(Br)c(F)c1)C(=O)O. The van der Waals surface area contributed by atoms with Crippen molar-refractivity contribution in [3.8, 4) is 0 Å². The molecule has 1 rings (SSSR count). The third kappa shape index (κ3) is 4.63. The Labute approximate surface area is 119 Å². The summed E-state index contributed by atoms with van der Waals surface area (Å²) in [6, 6.07) is 4.01. The summed E-state index contributed by atoms with van der Waals surface area (Å²) in [4.78, 5) is 22.7. The Bertz CT molecular complexity index is 479. The second-order valence-electron chi connectivity index (χ2n) is 4.16. The van der Waals surface area contributed by atoms with Crippen LogP contribution in [-0.4, -0.2) is 23.5 Å². The zero-order chi connectivity index (χ0) is 14.4. The van der Waals surface area contributed by atoms with Crippen molar-refractivity contribution in [3.63, 3.8) is 0 Å². The topological polar surface area (TPSA) is 66.4 Å². The zero-order valence-corrected chi connectivity index (χ0v) is 12.0. The van der Waals surface area contributed by atoms with Crippen LogP contribution in [0.25, 0.3) is 0 Å². The lowest BCUT2D eigenvalue weighted by molar-refractivity contribution is -0.141. The molecule has 1 aromatic rings. The highest BCUT2D eigenvalue weighted by molar-refractivity contribution is 9.10. The van der Waals surface area contributed by atoms with Gasteiger partial charge in [0.15, 0.2) is 0 Å². The first-order chi connectivity index (χ1) is 8.95. The van der Waals surface area contributed by atoms with Gasteiger partial charge in [-0.15, -0.1) is 0 Å². The molecule has 0 bridgehead atoms. The average Bonchev–Trinajstić information content (AvgIpc) is 2.37. The number of carboxylic acids is 1. The van der Waals surface area contributed by atoms with Crippen molar-refractivity contribution >= 4 is 27.8 Å². The van der Waals surface area contributed by atoms with E-state index in [1.807, 2.05) is 6.92 Å². The van der Waals surface area contributed by atoms with Crippen molar-refractivity contribution in [1.29, 1.82) is 0 Å². The predicted molar refractivity (Wildman–Crippen MR) is 72.5 cm³/mol. The van der Waals surface area contributed by atoms with Gasteiger partial charge in [-0.05, 0) is 40.5 Å². The summed E-state index contributed by atoms with van der Waals surface area (Å²) < 4.78 is 13.5.